The number of benzene rings is 1. The molecule has 8 heteroatoms. The van der Waals surface area contributed by atoms with Gasteiger partial charge in [0.05, 0.1) is 19.9 Å². The van der Waals surface area contributed by atoms with Crippen molar-refractivity contribution in [3.8, 4) is 33.7 Å². The second kappa shape index (κ2) is 5.64. The number of aryl methyl sites for hydroxylation is 1. The maximum absolute atomic E-state index is 5.69. The number of methoxy groups -OCH3 is 2. The third-order valence-electron chi connectivity index (χ3n) is 3.08. The van der Waals surface area contributed by atoms with Crippen LogP contribution in [0, 0.1) is 6.92 Å². The van der Waals surface area contributed by atoms with E-state index < -0.39 is 0 Å². The molecule has 0 aliphatic heterocycles. The van der Waals surface area contributed by atoms with Gasteiger partial charge in [-0.3, -0.25) is 0 Å². The van der Waals surface area contributed by atoms with Gasteiger partial charge in [0.15, 0.2) is 16.6 Å². The van der Waals surface area contributed by atoms with E-state index in [2.05, 4.69) is 15.1 Å². The summed E-state index contributed by atoms with van der Waals surface area (Å²) in [4.78, 5) is 9.32. The standard InChI is InChI=1S/C14H14N4O3S/c1-7-11(22-14(15)16-7)13-17-12(18-21-13)8-4-5-9(19-2)10(6-8)20-3/h4-6H,1-3H3,(H2,15,16). The summed E-state index contributed by atoms with van der Waals surface area (Å²) in [6.07, 6.45) is 0. The molecule has 0 fully saturated rings. The Labute approximate surface area is 130 Å². The van der Waals surface area contributed by atoms with E-state index in [-0.39, 0.29) is 0 Å². The Kier molecular flexibility index (Phi) is 3.68. The average Bonchev–Trinajstić information content (AvgIpc) is 3.12. The number of rotatable bonds is 4. The van der Waals surface area contributed by atoms with Crippen LogP contribution in [0.2, 0.25) is 0 Å². The normalized spacial score (nSPS) is 10.7. The third kappa shape index (κ3) is 2.48. The SMILES string of the molecule is COc1ccc(-c2noc(-c3sc(N)nc3C)n2)cc1OC. The topological polar surface area (TPSA) is 96.3 Å². The molecule has 3 rings (SSSR count). The minimum Gasteiger partial charge on any atom is -0.493 e. The lowest BCUT2D eigenvalue weighted by Crippen LogP contribution is -1.91. The summed E-state index contributed by atoms with van der Waals surface area (Å²) < 4.78 is 15.8. The molecular formula is C14H14N4O3S. The van der Waals surface area contributed by atoms with Crippen molar-refractivity contribution in [3.63, 3.8) is 0 Å². The lowest BCUT2D eigenvalue weighted by molar-refractivity contribution is 0.355. The lowest BCUT2D eigenvalue weighted by Gasteiger charge is -2.07. The molecule has 2 aromatic heterocycles. The van der Waals surface area contributed by atoms with Gasteiger partial charge in [-0.2, -0.15) is 4.98 Å². The minimum absolute atomic E-state index is 0.400. The quantitative estimate of drug-likeness (QED) is 0.790. The fourth-order valence-electron chi connectivity index (χ4n) is 2.02. The van der Waals surface area contributed by atoms with Gasteiger partial charge in [-0.15, -0.1) is 0 Å². The molecule has 2 heterocycles. The van der Waals surface area contributed by atoms with Crippen molar-refractivity contribution in [2.45, 2.75) is 6.92 Å². The fourth-order valence-corrected chi connectivity index (χ4v) is 2.78. The molecule has 0 spiro atoms. The maximum Gasteiger partial charge on any atom is 0.270 e. The molecule has 0 unspecified atom stereocenters. The van der Waals surface area contributed by atoms with Crippen LogP contribution >= 0.6 is 11.3 Å². The first-order valence-electron chi connectivity index (χ1n) is 6.41. The van der Waals surface area contributed by atoms with Crippen LogP contribution in [0.25, 0.3) is 22.2 Å². The van der Waals surface area contributed by atoms with E-state index in [9.17, 15) is 0 Å². The molecule has 0 aliphatic rings. The molecule has 114 valence electrons. The Morgan fingerprint density at radius 2 is 1.91 bits per heavy atom. The lowest BCUT2D eigenvalue weighted by atomic mass is 10.2. The first kappa shape index (κ1) is 14.3. The number of ether oxygens (including phenoxy) is 2. The molecule has 0 aliphatic carbocycles. The molecule has 0 radical (unpaired) electrons. The summed E-state index contributed by atoms with van der Waals surface area (Å²) in [5, 5.41) is 4.47. The van der Waals surface area contributed by atoms with Gasteiger partial charge in [0.25, 0.3) is 5.89 Å². The first-order chi connectivity index (χ1) is 10.6. The predicted octanol–water partition coefficient (Wildman–Crippen LogP) is 2.77. The Hall–Kier alpha value is -2.61. The molecule has 22 heavy (non-hydrogen) atoms. The smallest absolute Gasteiger partial charge is 0.270 e. The summed E-state index contributed by atoms with van der Waals surface area (Å²) >= 11 is 1.32. The Bertz CT molecular complexity index is 812. The summed E-state index contributed by atoms with van der Waals surface area (Å²) in [7, 11) is 3.16. The second-order valence-corrected chi connectivity index (χ2v) is 5.49. The van der Waals surface area contributed by atoms with Gasteiger partial charge in [0.1, 0.15) is 4.88 Å². The number of anilines is 1. The molecule has 0 atom stereocenters. The number of nitrogen functional groups attached to an aromatic ring is 1. The van der Waals surface area contributed by atoms with Gasteiger partial charge in [-0.25, -0.2) is 4.98 Å². The first-order valence-corrected chi connectivity index (χ1v) is 7.23. The molecule has 0 bridgehead atoms. The summed E-state index contributed by atoms with van der Waals surface area (Å²) in [6, 6.07) is 5.42. The highest BCUT2D eigenvalue weighted by molar-refractivity contribution is 7.18. The Morgan fingerprint density at radius 3 is 2.55 bits per heavy atom. The molecular weight excluding hydrogens is 304 g/mol. The zero-order valence-electron chi connectivity index (χ0n) is 12.3. The predicted molar refractivity (Wildman–Crippen MR) is 83.1 cm³/mol. The van der Waals surface area contributed by atoms with E-state index in [1.807, 2.05) is 13.0 Å². The van der Waals surface area contributed by atoms with Crippen LogP contribution < -0.4 is 15.2 Å². The molecule has 0 amide bonds. The molecule has 2 N–H and O–H groups in total. The van der Waals surface area contributed by atoms with Crippen molar-refractivity contribution < 1.29 is 14.0 Å². The number of hydrogen-bond donors (Lipinski definition) is 1. The van der Waals surface area contributed by atoms with Gasteiger partial charge < -0.3 is 19.7 Å². The van der Waals surface area contributed by atoms with Crippen molar-refractivity contribution in [3.05, 3.63) is 23.9 Å². The maximum atomic E-state index is 5.69. The average molecular weight is 318 g/mol. The monoisotopic (exact) mass is 318 g/mol. The number of nitrogens with two attached hydrogens (primary N) is 1. The number of hydrogen-bond acceptors (Lipinski definition) is 8. The largest absolute Gasteiger partial charge is 0.493 e. The van der Waals surface area contributed by atoms with E-state index >= 15 is 0 Å². The van der Waals surface area contributed by atoms with Crippen LogP contribution in [0.5, 0.6) is 11.5 Å². The number of thiazole rings is 1. The highest BCUT2D eigenvalue weighted by atomic mass is 32.1. The van der Waals surface area contributed by atoms with Crippen LogP contribution in [0.4, 0.5) is 5.13 Å². The van der Waals surface area contributed by atoms with Crippen molar-refractivity contribution in [1.29, 1.82) is 0 Å². The number of nitrogens with zero attached hydrogens (tertiary/aromatic N) is 3. The van der Waals surface area contributed by atoms with Gasteiger partial charge in [0, 0.05) is 5.56 Å². The van der Waals surface area contributed by atoms with E-state index in [1.54, 1.807) is 26.4 Å². The highest BCUT2D eigenvalue weighted by Gasteiger charge is 2.17. The van der Waals surface area contributed by atoms with Gasteiger partial charge in [-0.1, -0.05) is 16.5 Å². The molecule has 3 aromatic rings. The van der Waals surface area contributed by atoms with Crippen LogP contribution in [0.1, 0.15) is 5.69 Å². The van der Waals surface area contributed by atoms with Crippen molar-refractivity contribution in [1.82, 2.24) is 15.1 Å². The molecule has 0 saturated carbocycles. The van der Waals surface area contributed by atoms with Crippen molar-refractivity contribution >= 4 is 16.5 Å². The molecule has 7 nitrogen and oxygen atoms in total. The van der Waals surface area contributed by atoms with E-state index in [0.29, 0.717) is 28.3 Å². The van der Waals surface area contributed by atoms with Crippen LogP contribution in [0.3, 0.4) is 0 Å². The van der Waals surface area contributed by atoms with Crippen molar-refractivity contribution in [2.24, 2.45) is 0 Å². The van der Waals surface area contributed by atoms with Gasteiger partial charge >= 0.3 is 0 Å². The molecule has 1 aromatic carbocycles. The second-order valence-electron chi connectivity index (χ2n) is 4.46. The zero-order chi connectivity index (χ0) is 15.7. The van der Waals surface area contributed by atoms with E-state index in [1.165, 1.54) is 11.3 Å². The fraction of sp³-hybridized carbons (Fsp3) is 0.214. The van der Waals surface area contributed by atoms with Gasteiger partial charge in [0.2, 0.25) is 5.82 Å². The minimum atomic E-state index is 0.400. The van der Waals surface area contributed by atoms with E-state index in [0.717, 1.165) is 16.1 Å². The summed E-state index contributed by atoms with van der Waals surface area (Å²) in [5.41, 5.74) is 7.23. The zero-order valence-corrected chi connectivity index (χ0v) is 13.1. The summed E-state index contributed by atoms with van der Waals surface area (Å²) in [6.45, 7) is 1.85. The Morgan fingerprint density at radius 1 is 1.14 bits per heavy atom. The molecule has 0 saturated heterocycles. The van der Waals surface area contributed by atoms with Gasteiger partial charge in [-0.05, 0) is 25.1 Å². The summed E-state index contributed by atoms with van der Waals surface area (Å²) in [5.74, 6) is 2.10. The van der Waals surface area contributed by atoms with Crippen LogP contribution in [-0.4, -0.2) is 29.3 Å². The number of aromatic nitrogens is 3. The Balaban J connectivity index is 1.99. The van der Waals surface area contributed by atoms with Crippen LogP contribution in [0.15, 0.2) is 22.7 Å². The van der Waals surface area contributed by atoms with Crippen molar-refractivity contribution in [2.75, 3.05) is 20.0 Å². The third-order valence-corrected chi connectivity index (χ3v) is 4.05. The van der Waals surface area contributed by atoms with Crippen LogP contribution in [-0.2, 0) is 0 Å². The van der Waals surface area contributed by atoms with E-state index in [4.69, 9.17) is 19.7 Å². The highest BCUT2D eigenvalue weighted by Crippen LogP contribution is 2.34.